The third-order valence-electron chi connectivity index (χ3n) is 6.29. The Kier molecular flexibility index (Phi) is 6.76. The number of carbonyl (C=O) groups is 2. The molecule has 34 heavy (non-hydrogen) atoms. The van der Waals surface area contributed by atoms with Crippen LogP contribution in [0.15, 0.2) is 41.6 Å². The van der Waals surface area contributed by atoms with Gasteiger partial charge in [0.05, 0.1) is 36.5 Å². The number of fused-ring (bicyclic) bond motifs is 1. The van der Waals surface area contributed by atoms with Crippen LogP contribution in [0.4, 0.5) is 0 Å². The van der Waals surface area contributed by atoms with Crippen molar-refractivity contribution in [2.24, 2.45) is 11.8 Å². The number of nitrogens with zero attached hydrogens (tertiary/aromatic N) is 3. The second kappa shape index (κ2) is 9.90. The molecule has 0 saturated heterocycles. The van der Waals surface area contributed by atoms with Crippen molar-refractivity contribution in [2.75, 3.05) is 7.11 Å². The lowest BCUT2D eigenvalue weighted by Gasteiger charge is -2.26. The van der Waals surface area contributed by atoms with Crippen LogP contribution in [0, 0.1) is 11.8 Å². The standard InChI is InChI=1S/C24H26N4O6/c1-34-21-8-15(4-7-20(21)29)10-26-22(30)18-9-17-19(11-25-18)27-13-28(23(17)31)12-14-2-5-16(6-3-14)24(32)33/h4,7-9,11,13-14,16,29H,2-3,5-6,10,12H2,1H3,(H,26,30)(H,32,33)/t14-,16-. The Balaban J connectivity index is 1.47. The molecule has 10 nitrogen and oxygen atoms in total. The number of nitrogens with one attached hydrogen (secondary N) is 1. The third-order valence-corrected chi connectivity index (χ3v) is 6.29. The number of benzene rings is 1. The van der Waals surface area contributed by atoms with E-state index in [2.05, 4.69) is 15.3 Å². The van der Waals surface area contributed by atoms with Crippen molar-refractivity contribution in [3.05, 3.63) is 58.4 Å². The number of aromatic hydroxyl groups is 1. The molecule has 1 saturated carbocycles. The minimum absolute atomic E-state index is 0.00693. The van der Waals surface area contributed by atoms with E-state index in [0.717, 1.165) is 18.4 Å². The highest BCUT2D eigenvalue weighted by Crippen LogP contribution is 2.30. The van der Waals surface area contributed by atoms with Crippen molar-refractivity contribution in [1.82, 2.24) is 19.9 Å². The molecule has 2 heterocycles. The van der Waals surface area contributed by atoms with Crippen molar-refractivity contribution < 1.29 is 24.5 Å². The summed E-state index contributed by atoms with van der Waals surface area (Å²) in [6.07, 6.45) is 5.58. The smallest absolute Gasteiger partial charge is 0.306 e. The quantitative estimate of drug-likeness (QED) is 0.481. The number of pyridine rings is 1. The first-order chi connectivity index (χ1) is 16.4. The molecule has 178 valence electrons. The number of hydrogen-bond donors (Lipinski definition) is 3. The van der Waals surface area contributed by atoms with Crippen LogP contribution < -0.4 is 15.6 Å². The first-order valence-electron chi connectivity index (χ1n) is 11.1. The van der Waals surface area contributed by atoms with Crippen molar-refractivity contribution in [3.63, 3.8) is 0 Å². The SMILES string of the molecule is COc1cc(CNC(=O)c2cc3c(=O)n(C[C@H]4CC[C@H](C(=O)O)CC4)cnc3cn2)ccc1O. The van der Waals surface area contributed by atoms with E-state index in [0.29, 0.717) is 36.0 Å². The largest absolute Gasteiger partial charge is 0.504 e. The van der Waals surface area contributed by atoms with Crippen LogP contribution in [0.3, 0.4) is 0 Å². The summed E-state index contributed by atoms with van der Waals surface area (Å²) in [7, 11) is 1.44. The first-order valence-corrected chi connectivity index (χ1v) is 11.1. The fraction of sp³-hybridized carbons (Fsp3) is 0.375. The van der Waals surface area contributed by atoms with E-state index < -0.39 is 11.9 Å². The number of carboxylic acids is 1. The summed E-state index contributed by atoms with van der Waals surface area (Å²) >= 11 is 0. The molecule has 0 aliphatic heterocycles. The highest BCUT2D eigenvalue weighted by molar-refractivity contribution is 5.95. The summed E-state index contributed by atoms with van der Waals surface area (Å²) < 4.78 is 6.60. The van der Waals surface area contributed by atoms with Gasteiger partial charge in [-0.15, -0.1) is 0 Å². The third kappa shape index (κ3) is 5.00. The van der Waals surface area contributed by atoms with Crippen molar-refractivity contribution >= 4 is 22.8 Å². The van der Waals surface area contributed by atoms with Gasteiger partial charge < -0.3 is 20.3 Å². The molecule has 3 N–H and O–H groups in total. The average molecular weight is 466 g/mol. The van der Waals surface area contributed by atoms with Gasteiger partial charge in [-0.2, -0.15) is 0 Å². The zero-order chi connectivity index (χ0) is 24.2. The topological polar surface area (TPSA) is 144 Å². The highest BCUT2D eigenvalue weighted by atomic mass is 16.5. The average Bonchev–Trinajstić information content (AvgIpc) is 2.85. The normalized spacial score (nSPS) is 17.9. The number of aliphatic carboxylic acids is 1. The number of hydrogen-bond acceptors (Lipinski definition) is 7. The molecule has 0 radical (unpaired) electrons. The van der Waals surface area contributed by atoms with Gasteiger partial charge >= 0.3 is 5.97 Å². The molecule has 0 spiro atoms. The van der Waals surface area contributed by atoms with Crippen LogP contribution in [0.5, 0.6) is 11.5 Å². The van der Waals surface area contributed by atoms with Crippen LogP contribution in [-0.4, -0.2) is 43.7 Å². The van der Waals surface area contributed by atoms with E-state index in [9.17, 15) is 19.5 Å². The van der Waals surface area contributed by atoms with Gasteiger partial charge in [0.25, 0.3) is 11.5 Å². The number of phenols is 1. The minimum Gasteiger partial charge on any atom is -0.504 e. The van der Waals surface area contributed by atoms with Crippen molar-refractivity contribution in [1.29, 1.82) is 0 Å². The lowest BCUT2D eigenvalue weighted by Crippen LogP contribution is -2.29. The van der Waals surface area contributed by atoms with E-state index in [1.807, 2.05) is 0 Å². The van der Waals surface area contributed by atoms with E-state index in [4.69, 9.17) is 9.84 Å². The maximum absolute atomic E-state index is 13.1. The number of carbonyl (C=O) groups excluding carboxylic acids is 1. The zero-order valence-corrected chi connectivity index (χ0v) is 18.7. The van der Waals surface area contributed by atoms with Crippen molar-refractivity contribution in [3.8, 4) is 11.5 Å². The molecular weight excluding hydrogens is 440 g/mol. The van der Waals surface area contributed by atoms with Gasteiger partial charge in [-0.1, -0.05) is 6.07 Å². The van der Waals surface area contributed by atoms with Crippen LogP contribution in [0.25, 0.3) is 10.9 Å². The van der Waals surface area contributed by atoms with Gasteiger partial charge in [0, 0.05) is 13.1 Å². The number of phenolic OH excluding ortho intramolecular Hbond substituents is 1. The summed E-state index contributed by atoms with van der Waals surface area (Å²) in [6, 6.07) is 6.21. The molecular formula is C24H26N4O6. The summed E-state index contributed by atoms with van der Waals surface area (Å²) in [5.41, 5.74) is 0.961. The Hall–Kier alpha value is -3.95. The Morgan fingerprint density at radius 3 is 2.65 bits per heavy atom. The van der Waals surface area contributed by atoms with Gasteiger partial charge in [0.2, 0.25) is 0 Å². The molecule has 0 atom stereocenters. The molecule has 10 heteroatoms. The van der Waals surface area contributed by atoms with Gasteiger partial charge in [-0.3, -0.25) is 19.0 Å². The van der Waals surface area contributed by atoms with Crippen LogP contribution >= 0.6 is 0 Å². The fourth-order valence-corrected chi connectivity index (χ4v) is 4.29. The van der Waals surface area contributed by atoms with Gasteiger partial charge in [0.1, 0.15) is 5.69 Å². The zero-order valence-electron chi connectivity index (χ0n) is 18.7. The molecule has 1 aliphatic rings. The van der Waals surface area contributed by atoms with Gasteiger partial charge in [-0.05, 0) is 55.4 Å². The second-order valence-corrected chi connectivity index (χ2v) is 8.53. The number of amides is 1. The van der Waals surface area contributed by atoms with Gasteiger partial charge in [-0.25, -0.2) is 9.97 Å². The lowest BCUT2D eigenvalue weighted by molar-refractivity contribution is -0.143. The molecule has 4 rings (SSSR count). The monoisotopic (exact) mass is 466 g/mol. The molecule has 1 fully saturated rings. The molecule has 2 aromatic heterocycles. The number of ether oxygens (including phenoxy) is 1. The number of methoxy groups -OCH3 is 1. The Labute approximate surface area is 195 Å². The highest BCUT2D eigenvalue weighted by Gasteiger charge is 2.26. The summed E-state index contributed by atoms with van der Waals surface area (Å²) in [5, 5.41) is 21.9. The van der Waals surface area contributed by atoms with E-state index >= 15 is 0 Å². The first kappa shape index (κ1) is 23.2. The maximum Gasteiger partial charge on any atom is 0.306 e. The lowest BCUT2D eigenvalue weighted by atomic mass is 9.82. The number of aromatic nitrogens is 3. The van der Waals surface area contributed by atoms with E-state index in [1.54, 1.807) is 12.1 Å². The Morgan fingerprint density at radius 1 is 1.18 bits per heavy atom. The van der Waals surface area contributed by atoms with E-state index in [-0.39, 0.29) is 35.4 Å². The van der Waals surface area contributed by atoms with Gasteiger partial charge in [0.15, 0.2) is 11.5 Å². The number of rotatable bonds is 7. The minimum atomic E-state index is -0.758. The summed E-state index contributed by atoms with van der Waals surface area (Å²) in [4.78, 5) is 45.3. The maximum atomic E-state index is 13.1. The molecule has 3 aromatic rings. The molecule has 1 aliphatic carbocycles. The summed E-state index contributed by atoms with van der Waals surface area (Å²) in [6.45, 7) is 0.645. The predicted molar refractivity (Wildman–Crippen MR) is 123 cm³/mol. The van der Waals surface area contributed by atoms with Crippen molar-refractivity contribution in [2.45, 2.75) is 38.8 Å². The van der Waals surface area contributed by atoms with Crippen LogP contribution in [0.1, 0.15) is 41.7 Å². The Morgan fingerprint density at radius 2 is 1.94 bits per heavy atom. The number of carboxylic acid groups (broad SMARTS) is 1. The van der Waals surface area contributed by atoms with Crippen LogP contribution in [-0.2, 0) is 17.9 Å². The Bertz CT molecular complexity index is 1280. The molecule has 0 bridgehead atoms. The second-order valence-electron chi connectivity index (χ2n) is 8.53. The predicted octanol–water partition coefficient (Wildman–Crippen LogP) is 2.33. The fourth-order valence-electron chi connectivity index (χ4n) is 4.29. The van der Waals surface area contributed by atoms with E-state index in [1.165, 1.54) is 36.3 Å². The van der Waals surface area contributed by atoms with Crippen LogP contribution in [0.2, 0.25) is 0 Å². The molecule has 0 unspecified atom stereocenters. The summed E-state index contributed by atoms with van der Waals surface area (Å²) in [5.74, 6) is -0.996. The molecule has 1 amide bonds. The molecule has 1 aromatic carbocycles.